The number of carbonyl (C=O) groups is 1. The Kier molecular flexibility index (Phi) is 2.15. The summed E-state index contributed by atoms with van der Waals surface area (Å²) in [4.78, 5) is 12.7. The van der Waals surface area contributed by atoms with Gasteiger partial charge < -0.3 is 9.64 Å². The molecule has 3 nitrogen and oxygen atoms in total. The molecule has 1 aliphatic rings. The molecule has 0 N–H and O–H groups in total. The summed E-state index contributed by atoms with van der Waals surface area (Å²) < 4.78 is 5.55. The topological polar surface area (TPSA) is 29.5 Å². The number of fused-ring (bicyclic) bond motifs is 1. The Bertz CT molecular complexity index is 362. The molecule has 0 spiro atoms. The maximum atomic E-state index is 10.6. The molecule has 74 valence electrons. The zero-order chi connectivity index (χ0) is 10.1. The van der Waals surface area contributed by atoms with E-state index in [1.54, 1.807) is 6.07 Å². The van der Waals surface area contributed by atoms with Crippen molar-refractivity contribution in [2.75, 3.05) is 18.6 Å². The summed E-state index contributed by atoms with van der Waals surface area (Å²) in [5.74, 6) is 0.801. The smallest absolute Gasteiger partial charge is 0.150 e. The van der Waals surface area contributed by atoms with E-state index in [1.807, 2.05) is 19.2 Å². The second-order valence-electron chi connectivity index (χ2n) is 3.62. The molecule has 2 rings (SSSR count). The highest BCUT2D eigenvalue weighted by molar-refractivity contribution is 5.78. The summed E-state index contributed by atoms with van der Waals surface area (Å²) in [6.45, 7) is 2.78. The van der Waals surface area contributed by atoms with Crippen molar-refractivity contribution < 1.29 is 9.53 Å². The fourth-order valence-corrected chi connectivity index (χ4v) is 1.57. The van der Waals surface area contributed by atoms with Crippen molar-refractivity contribution in [3.63, 3.8) is 0 Å². The third-order valence-corrected chi connectivity index (χ3v) is 2.64. The van der Waals surface area contributed by atoms with Gasteiger partial charge in [0.05, 0.1) is 11.7 Å². The lowest BCUT2D eigenvalue weighted by molar-refractivity contribution is 0.112. The van der Waals surface area contributed by atoms with E-state index < -0.39 is 0 Å². The summed E-state index contributed by atoms with van der Waals surface area (Å²) in [7, 11) is 2.03. The van der Waals surface area contributed by atoms with Crippen molar-refractivity contribution in [3.8, 4) is 5.75 Å². The van der Waals surface area contributed by atoms with Crippen molar-refractivity contribution >= 4 is 12.0 Å². The van der Waals surface area contributed by atoms with Crippen LogP contribution in [0.4, 0.5) is 5.69 Å². The van der Waals surface area contributed by atoms with Crippen LogP contribution in [0.5, 0.6) is 5.75 Å². The van der Waals surface area contributed by atoms with Gasteiger partial charge in [-0.1, -0.05) is 0 Å². The number of likely N-dealkylation sites (N-methyl/N-ethyl adjacent to an activating group) is 1. The predicted molar refractivity (Wildman–Crippen MR) is 55.2 cm³/mol. The summed E-state index contributed by atoms with van der Waals surface area (Å²) in [5.41, 5.74) is 1.71. The summed E-state index contributed by atoms with van der Waals surface area (Å²) in [6, 6.07) is 5.90. The second-order valence-corrected chi connectivity index (χ2v) is 3.62. The number of hydrogen-bond donors (Lipinski definition) is 0. The van der Waals surface area contributed by atoms with Gasteiger partial charge in [-0.3, -0.25) is 4.79 Å². The summed E-state index contributed by atoms with van der Waals surface area (Å²) in [6.07, 6.45) is 0.835. The van der Waals surface area contributed by atoms with Crippen LogP contribution in [0.2, 0.25) is 0 Å². The van der Waals surface area contributed by atoms with E-state index in [1.165, 1.54) is 0 Å². The molecule has 0 aliphatic carbocycles. The van der Waals surface area contributed by atoms with Crippen LogP contribution in [-0.2, 0) is 0 Å². The van der Waals surface area contributed by atoms with Crippen LogP contribution in [0.3, 0.4) is 0 Å². The monoisotopic (exact) mass is 191 g/mol. The lowest BCUT2D eigenvalue weighted by Crippen LogP contribution is -2.37. The lowest BCUT2D eigenvalue weighted by Gasteiger charge is -2.33. The normalized spacial score (nSPS) is 19.9. The van der Waals surface area contributed by atoms with E-state index in [9.17, 15) is 4.79 Å². The Morgan fingerprint density at radius 2 is 2.36 bits per heavy atom. The van der Waals surface area contributed by atoms with Crippen LogP contribution in [0, 0.1) is 0 Å². The van der Waals surface area contributed by atoms with Crippen molar-refractivity contribution in [2.45, 2.75) is 13.0 Å². The van der Waals surface area contributed by atoms with Gasteiger partial charge in [0.15, 0.2) is 0 Å². The molecule has 0 saturated heterocycles. The molecule has 0 fully saturated rings. The lowest BCUT2D eigenvalue weighted by atomic mass is 10.1. The van der Waals surface area contributed by atoms with Gasteiger partial charge >= 0.3 is 0 Å². The zero-order valence-corrected chi connectivity index (χ0v) is 8.36. The van der Waals surface area contributed by atoms with Gasteiger partial charge in [-0.25, -0.2) is 0 Å². The number of anilines is 1. The first-order valence-electron chi connectivity index (χ1n) is 4.67. The van der Waals surface area contributed by atoms with Gasteiger partial charge in [-0.2, -0.15) is 0 Å². The van der Waals surface area contributed by atoms with Gasteiger partial charge in [0.2, 0.25) is 0 Å². The number of benzene rings is 1. The third kappa shape index (κ3) is 1.35. The highest BCUT2D eigenvalue weighted by atomic mass is 16.5. The molecular weight excluding hydrogens is 178 g/mol. The molecule has 0 aromatic heterocycles. The van der Waals surface area contributed by atoms with Crippen molar-refractivity contribution in [2.24, 2.45) is 0 Å². The molecule has 0 saturated carbocycles. The van der Waals surface area contributed by atoms with Gasteiger partial charge in [0, 0.05) is 12.6 Å². The molecule has 3 heteroatoms. The van der Waals surface area contributed by atoms with E-state index in [0.717, 1.165) is 17.7 Å². The first-order valence-corrected chi connectivity index (χ1v) is 4.67. The molecule has 1 aliphatic heterocycles. The average molecular weight is 191 g/mol. The number of hydrogen-bond acceptors (Lipinski definition) is 3. The second kappa shape index (κ2) is 3.33. The van der Waals surface area contributed by atoms with E-state index in [4.69, 9.17) is 4.74 Å². The average Bonchev–Trinajstić information content (AvgIpc) is 2.23. The van der Waals surface area contributed by atoms with Crippen LogP contribution >= 0.6 is 0 Å². The van der Waals surface area contributed by atoms with Gasteiger partial charge in [-0.15, -0.1) is 0 Å². The number of ether oxygens (including phenoxy) is 1. The molecule has 1 atom stereocenters. The highest BCUT2D eigenvalue weighted by Crippen LogP contribution is 2.33. The minimum absolute atomic E-state index is 0.379. The van der Waals surface area contributed by atoms with Crippen molar-refractivity contribution in [1.82, 2.24) is 0 Å². The molecular formula is C11H13NO2. The van der Waals surface area contributed by atoms with Crippen LogP contribution in [0.1, 0.15) is 17.3 Å². The molecule has 0 bridgehead atoms. The Hall–Kier alpha value is -1.51. The first kappa shape index (κ1) is 9.06. The van der Waals surface area contributed by atoms with Crippen LogP contribution in [0.15, 0.2) is 18.2 Å². The first-order chi connectivity index (χ1) is 6.72. The maximum absolute atomic E-state index is 10.6. The van der Waals surface area contributed by atoms with Gasteiger partial charge in [0.1, 0.15) is 18.6 Å². The fraction of sp³-hybridized carbons (Fsp3) is 0.364. The minimum atomic E-state index is 0.379. The number of aldehydes is 1. The number of rotatable bonds is 1. The van der Waals surface area contributed by atoms with E-state index >= 15 is 0 Å². The molecule has 0 radical (unpaired) electrons. The standard InChI is InChI=1S/C11H13NO2/c1-8-7-14-11-5-9(6-13)3-4-10(11)12(8)2/h3-6,8H,7H2,1-2H3. The molecule has 14 heavy (non-hydrogen) atoms. The van der Waals surface area contributed by atoms with Crippen LogP contribution in [0.25, 0.3) is 0 Å². The van der Waals surface area contributed by atoms with Gasteiger partial charge in [0.25, 0.3) is 0 Å². The Morgan fingerprint density at radius 3 is 3.07 bits per heavy atom. The van der Waals surface area contributed by atoms with E-state index in [-0.39, 0.29) is 0 Å². The number of carbonyl (C=O) groups excluding carboxylic acids is 1. The summed E-state index contributed by atoms with van der Waals surface area (Å²) in [5, 5.41) is 0. The van der Waals surface area contributed by atoms with Crippen molar-refractivity contribution in [1.29, 1.82) is 0 Å². The van der Waals surface area contributed by atoms with Gasteiger partial charge in [-0.05, 0) is 25.1 Å². The van der Waals surface area contributed by atoms with Crippen LogP contribution < -0.4 is 9.64 Å². The van der Waals surface area contributed by atoms with Crippen LogP contribution in [-0.4, -0.2) is 26.0 Å². The number of nitrogens with zero attached hydrogens (tertiary/aromatic N) is 1. The largest absolute Gasteiger partial charge is 0.489 e. The Labute approximate surface area is 83.3 Å². The molecule has 0 amide bonds. The molecule has 1 aromatic carbocycles. The minimum Gasteiger partial charge on any atom is -0.489 e. The van der Waals surface area contributed by atoms with Crippen molar-refractivity contribution in [3.05, 3.63) is 23.8 Å². The Morgan fingerprint density at radius 1 is 1.57 bits per heavy atom. The predicted octanol–water partition coefficient (Wildman–Crippen LogP) is 1.72. The molecule has 1 heterocycles. The third-order valence-electron chi connectivity index (χ3n) is 2.64. The molecule has 1 aromatic rings. The molecule has 1 unspecified atom stereocenters. The quantitative estimate of drug-likeness (QED) is 0.633. The summed E-state index contributed by atoms with van der Waals surface area (Å²) >= 11 is 0. The Balaban J connectivity index is 2.43. The maximum Gasteiger partial charge on any atom is 0.150 e. The van der Waals surface area contributed by atoms with E-state index in [2.05, 4.69) is 11.8 Å². The fourth-order valence-electron chi connectivity index (χ4n) is 1.57. The zero-order valence-electron chi connectivity index (χ0n) is 8.36. The highest BCUT2D eigenvalue weighted by Gasteiger charge is 2.20. The van der Waals surface area contributed by atoms with E-state index in [0.29, 0.717) is 18.2 Å². The SMILES string of the molecule is CC1COc2cc(C=O)ccc2N1C.